The average molecular weight is 412 g/mol. The molecule has 0 fully saturated rings. The van der Waals surface area contributed by atoms with E-state index in [4.69, 9.17) is 10.2 Å². The Morgan fingerprint density at radius 3 is 2.73 bits per heavy atom. The van der Waals surface area contributed by atoms with Gasteiger partial charge in [0, 0.05) is 12.1 Å². The molecule has 8 heteroatoms. The van der Waals surface area contributed by atoms with Gasteiger partial charge in [-0.1, -0.05) is 30.3 Å². The first kappa shape index (κ1) is 16.3. The second-order valence-corrected chi connectivity index (χ2v) is 6.43. The summed E-state index contributed by atoms with van der Waals surface area (Å²) in [5, 5.41) is 7.20. The molecular formula is C18H14BrN5O2. The predicted molar refractivity (Wildman–Crippen MR) is 100 cm³/mol. The van der Waals surface area contributed by atoms with Crippen molar-refractivity contribution in [2.24, 2.45) is 0 Å². The maximum Gasteiger partial charge on any atom is 0.251 e. The van der Waals surface area contributed by atoms with E-state index in [1.165, 1.54) is 4.52 Å². The number of furan rings is 1. The number of pyridine rings is 1. The number of nitrogens with zero attached hydrogens (tertiary/aromatic N) is 3. The third-order valence-electron chi connectivity index (χ3n) is 3.82. The molecule has 0 aliphatic rings. The van der Waals surface area contributed by atoms with E-state index in [1.807, 2.05) is 30.3 Å². The summed E-state index contributed by atoms with van der Waals surface area (Å²) >= 11 is 3.25. The number of hydrogen-bond donors (Lipinski definition) is 2. The second kappa shape index (κ2) is 6.64. The molecular weight excluding hydrogens is 398 g/mol. The molecule has 0 bridgehead atoms. The van der Waals surface area contributed by atoms with Crippen LogP contribution in [-0.2, 0) is 6.54 Å². The number of carbonyl (C=O) groups excluding carboxylic acids is 1. The van der Waals surface area contributed by atoms with Gasteiger partial charge in [0.15, 0.2) is 16.1 Å². The number of nitrogens with one attached hydrogen (secondary N) is 1. The number of rotatable bonds is 4. The zero-order valence-electron chi connectivity index (χ0n) is 13.5. The van der Waals surface area contributed by atoms with Gasteiger partial charge in [0.25, 0.3) is 5.91 Å². The van der Waals surface area contributed by atoms with Crippen LogP contribution in [-0.4, -0.2) is 20.5 Å². The summed E-state index contributed by atoms with van der Waals surface area (Å²) in [6, 6.07) is 16.4. The first-order chi connectivity index (χ1) is 12.6. The highest BCUT2D eigenvalue weighted by atomic mass is 79.9. The Balaban J connectivity index is 1.60. The average Bonchev–Trinajstić information content (AvgIpc) is 3.27. The molecule has 0 unspecified atom stereocenters. The van der Waals surface area contributed by atoms with Crippen molar-refractivity contribution < 1.29 is 9.21 Å². The molecule has 0 aliphatic carbocycles. The number of hydrogen-bond acceptors (Lipinski definition) is 5. The molecule has 130 valence electrons. The van der Waals surface area contributed by atoms with Crippen molar-refractivity contribution >= 4 is 33.3 Å². The minimum absolute atomic E-state index is 0.228. The molecule has 4 aromatic rings. The standard InChI is InChI=1S/C18H14BrN5O2/c19-14-7-6-13(26-14)17-22-16-9-12(8-15(20)24(16)23-17)18(25)21-10-11-4-2-1-3-5-11/h1-9H,10,20H2,(H,21,25). The normalized spacial score (nSPS) is 11.0. The van der Waals surface area contributed by atoms with Crippen LogP contribution in [0.3, 0.4) is 0 Å². The molecule has 0 radical (unpaired) electrons. The molecule has 0 spiro atoms. The molecule has 1 aromatic carbocycles. The highest BCUT2D eigenvalue weighted by Crippen LogP contribution is 2.24. The SMILES string of the molecule is Nc1cc(C(=O)NCc2ccccc2)cc2nc(-c3ccc(Br)o3)nn12. The lowest BCUT2D eigenvalue weighted by atomic mass is 10.2. The number of carbonyl (C=O) groups is 1. The Bertz CT molecular complexity index is 1090. The fourth-order valence-corrected chi connectivity index (χ4v) is 2.87. The predicted octanol–water partition coefficient (Wildman–Crippen LogP) is 3.26. The van der Waals surface area contributed by atoms with Gasteiger partial charge in [-0.3, -0.25) is 4.79 Å². The van der Waals surface area contributed by atoms with Crippen molar-refractivity contribution in [1.29, 1.82) is 0 Å². The zero-order chi connectivity index (χ0) is 18.1. The summed E-state index contributed by atoms with van der Waals surface area (Å²) in [6.07, 6.45) is 0. The number of benzene rings is 1. The minimum atomic E-state index is -0.228. The van der Waals surface area contributed by atoms with Crippen LogP contribution in [0.25, 0.3) is 17.2 Å². The Morgan fingerprint density at radius 2 is 2.00 bits per heavy atom. The summed E-state index contributed by atoms with van der Waals surface area (Å²) in [4.78, 5) is 16.8. The fraction of sp³-hybridized carbons (Fsp3) is 0.0556. The molecule has 0 saturated heterocycles. The summed E-state index contributed by atoms with van der Waals surface area (Å²) < 4.78 is 7.52. The quantitative estimate of drug-likeness (QED) is 0.536. The number of fused-ring (bicyclic) bond motifs is 1. The van der Waals surface area contributed by atoms with Gasteiger partial charge in [0.05, 0.1) is 0 Å². The van der Waals surface area contributed by atoms with Crippen LogP contribution in [0, 0.1) is 0 Å². The van der Waals surface area contributed by atoms with Crippen molar-refractivity contribution in [3.8, 4) is 11.6 Å². The van der Waals surface area contributed by atoms with Crippen molar-refractivity contribution in [3.05, 3.63) is 70.4 Å². The van der Waals surface area contributed by atoms with Crippen LogP contribution in [0.4, 0.5) is 5.82 Å². The van der Waals surface area contributed by atoms with Crippen LogP contribution >= 0.6 is 15.9 Å². The molecule has 3 aromatic heterocycles. The second-order valence-electron chi connectivity index (χ2n) is 5.65. The van der Waals surface area contributed by atoms with Gasteiger partial charge in [-0.25, -0.2) is 4.98 Å². The molecule has 4 rings (SSSR count). The van der Waals surface area contributed by atoms with Crippen molar-refractivity contribution in [3.63, 3.8) is 0 Å². The van der Waals surface area contributed by atoms with Gasteiger partial charge in [-0.2, -0.15) is 4.52 Å². The summed E-state index contributed by atoms with van der Waals surface area (Å²) in [5.74, 6) is 0.990. The Morgan fingerprint density at radius 1 is 1.19 bits per heavy atom. The molecule has 26 heavy (non-hydrogen) atoms. The van der Waals surface area contributed by atoms with Crippen LogP contribution in [0.1, 0.15) is 15.9 Å². The number of anilines is 1. The molecule has 7 nitrogen and oxygen atoms in total. The largest absolute Gasteiger partial charge is 0.446 e. The summed E-state index contributed by atoms with van der Waals surface area (Å²) in [7, 11) is 0. The lowest BCUT2D eigenvalue weighted by Gasteiger charge is -2.06. The monoisotopic (exact) mass is 411 g/mol. The smallest absolute Gasteiger partial charge is 0.251 e. The minimum Gasteiger partial charge on any atom is -0.446 e. The van der Waals surface area contributed by atoms with E-state index in [0.717, 1.165) is 5.56 Å². The van der Waals surface area contributed by atoms with E-state index in [2.05, 4.69) is 31.3 Å². The lowest BCUT2D eigenvalue weighted by molar-refractivity contribution is 0.0951. The third-order valence-corrected chi connectivity index (χ3v) is 4.24. The third kappa shape index (κ3) is 3.18. The van der Waals surface area contributed by atoms with Gasteiger partial charge in [-0.05, 0) is 45.8 Å². The van der Waals surface area contributed by atoms with Crippen LogP contribution in [0.5, 0.6) is 0 Å². The molecule has 3 N–H and O–H groups in total. The van der Waals surface area contributed by atoms with Crippen LogP contribution in [0.15, 0.2) is 63.7 Å². The first-order valence-electron chi connectivity index (χ1n) is 7.84. The number of amides is 1. The van der Waals surface area contributed by atoms with Crippen LogP contribution in [0.2, 0.25) is 0 Å². The lowest BCUT2D eigenvalue weighted by Crippen LogP contribution is -2.23. The maximum atomic E-state index is 12.4. The van der Waals surface area contributed by atoms with E-state index in [9.17, 15) is 4.79 Å². The molecule has 0 atom stereocenters. The Hall–Kier alpha value is -3.13. The Kier molecular flexibility index (Phi) is 4.18. The zero-order valence-corrected chi connectivity index (χ0v) is 15.1. The van der Waals surface area contributed by atoms with Gasteiger partial charge in [-0.15, -0.1) is 5.10 Å². The molecule has 1 amide bonds. The summed E-state index contributed by atoms with van der Waals surface area (Å²) in [6.45, 7) is 0.434. The van der Waals surface area contributed by atoms with Crippen molar-refractivity contribution in [2.75, 3.05) is 5.73 Å². The van der Waals surface area contributed by atoms with Crippen molar-refractivity contribution in [2.45, 2.75) is 6.54 Å². The Labute approximate surface area is 157 Å². The van der Waals surface area contributed by atoms with E-state index in [-0.39, 0.29) is 5.91 Å². The van der Waals surface area contributed by atoms with E-state index in [1.54, 1.807) is 24.3 Å². The number of nitrogens with two attached hydrogens (primary N) is 1. The van der Waals surface area contributed by atoms with E-state index >= 15 is 0 Å². The van der Waals surface area contributed by atoms with E-state index in [0.29, 0.717) is 39.8 Å². The molecule has 0 aliphatic heterocycles. The number of aromatic nitrogens is 3. The number of nitrogen functional groups attached to an aromatic ring is 1. The topological polar surface area (TPSA) is 98.5 Å². The van der Waals surface area contributed by atoms with Gasteiger partial charge in [0.1, 0.15) is 5.82 Å². The van der Waals surface area contributed by atoms with Crippen molar-refractivity contribution in [1.82, 2.24) is 19.9 Å². The molecule has 0 saturated carbocycles. The highest BCUT2D eigenvalue weighted by Gasteiger charge is 2.15. The highest BCUT2D eigenvalue weighted by molar-refractivity contribution is 9.10. The van der Waals surface area contributed by atoms with Gasteiger partial charge in [0.2, 0.25) is 5.82 Å². The van der Waals surface area contributed by atoms with Gasteiger partial charge < -0.3 is 15.5 Å². The fourth-order valence-electron chi connectivity index (χ4n) is 2.56. The van der Waals surface area contributed by atoms with Gasteiger partial charge >= 0.3 is 0 Å². The maximum absolute atomic E-state index is 12.4. The first-order valence-corrected chi connectivity index (χ1v) is 8.63. The van der Waals surface area contributed by atoms with Crippen LogP contribution < -0.4 is 11.1 Å². The molecule has 3 heterocycles. The number of halogens is 1. The summed E-state index contributed by atoms with van der Waals surface area (Å²) in [5.41, 5.74) is 7.95. The van der Waals surface area contributed by atoms with E-state index < -0.39 is 0 Å².